The molecule has 0 aliphatic carbocycles. The summed E-state index contributed by atoms with van der Waals surface area (Å²) in [4.78, 5) is 40.2. The van der Waals surface area contributed by atoms with Gasteiger partial charge in [-0.3, -0.25) is 4.79 Å². The van der Waals surface area contributed by atoms with E-state index >= 15 is 0 Å². The maximum absolute atomic E-state index is 12.8. The fourth-order valence-electron chi connectivity index (χ4n) is 4.12. The number of H-pyrrole nitrogens is 1. The summed E-state index contributed by atoms with van der Waals surface area (Å²) < 4.78 is 16.0. The zero-order chi connectivity index (χ0) is 25.3. The third-order valence-electron chi connectivity index (χ3n) is 5.93. The van der Waals surface area contributed by atoms with Crippen molar-refractivity contribution in [2.45, 2.75) is 25.8 Å². The van der Waals surface area contributed by atoms with E-state index in [1.165, 1.54) is 26.4 Å². The number of nitrogens with one attached hydrogen (secondary N) is 2. The Bertz CT molecular complexity index is 1500. The van der Waals surface area contributed by atoms with Gasteiger partial charge in [-0.1, -0.05) is 0 Å². The van der Waals surface area contributed by atoms with Crippen LogP contribution >= 0.6 is 0 Å². The van der Waals surface area contributed by atoms with Gasteiger partial charge < -0.3 is 39.2 Å². The van der Waals surface area contributed by atoms with Gasteiger partial charge in [0.1, 0.15) is 5.75 Å². The molecule has 0 radical (unpaired) electrons. The first kappa shape index (κ1) is 23.7. The number of phenols is 1. The molecule has 0 saturated heterocycles. The number of aromatic amines is 1. The van der Waals surface area contributed by atoms with E-state index in [-0.39, 0.29) is 29.1 Å². The number of ether oxygens (including phenoxy) is 2. The molecule has 2 heterocycles. The van der Waals surface area contributed by atoms with Gasteiger partial charge in [-0.2, -0.15) is 0 Å². The number of carboxylic acids is 1. The van der Waals surface area contributed by atoms with Crippen LogP contribution in [0.25, 0.3) is 21.9 Å². The number of aromatic nitrogens is 1. The maximum atomic E-state index is 12.8. The van der Waals surface area contributed by atoms with Crippen molar-refractivity contribution < 1.29 is 33.7 Å². The lowest BCUT2D eigenvalue weighted by molar-refractivity contribution is -0.308. The smallest absolute Gasteiger partial charge is 0.340 e. The average Bonchev–Trinajstić information content (AvgIpc) is 3.22. The highest BCUT2D eigenvalue weighted by atomic mass is 16.5. The van der Waals surface area contributed by atoms with Crippen LogP contribution in [0.1, 0.15) is 16.7 Å². The minimum absolute atomic E-state index is 0.0279. The van der Waals surface area contributed by atoms with Crippen molar-refractivity contribution in [1.82, 2.24) is 10.3 Å². The molecule has 4 rings (SSSR count). The van der Waals surface area contributed by atoms with Crippen molar-refractivity contribution in [3.05, 3.63) is 63.6 Å². The van der Waals surface area contributed by atoms with Crippen LogP contribution in [0.3, 0.4) is 0 Å². The number of carbonyl (C=O) groups is 2. The summed E-state index contributed by atoms with van der Waals surface area (Å²) in [5.41, 5.74) is 1.33. The van der Waals surface area contributed by atoms with Gasteiger partial charge in [0.2, 0.25) is 11.7 Å². The van der Waals surface area contributed by atoms with E-state index in [2.05, 4.69) is 10.3 Å². The third kappa shape index (κ3) is 4.50. The standard InChI is InChI=1S/C25H24N2O8/c1-12-15-5-7-20(33-2)23(34-3)22(15)35-25(32)16(12)10-21(29)27-19(24(30)31)8-13-11-26-18-6-4-14(28)9-17(13)18/h4-7,9,11,19,26,28H,8,10H2,1-3H3,(H,27,29)(H,30,31)/p-1/t19-/m1/s1. The number of rotatable bonds is 8. The van der Waals surface area contributed by atoms with E-state index < -0.39 is 30.0 Å². The average molecular weight is 479 g/mol. The number of phenolic OH excluding ortho intramolecular Hbond substituents is 1. The lowest BCUT2D eigenvalue weighted by Crippen LogP contribution is -2.49. The van der Waals surface area contributed by atoms with Gasteiger partial charge in [-0.05, 0) is 48.4 Å². The summed E-state index contributed by atoms with van der Waals surface area (Å²) in [5, 5.41) is 25.1. The topological polar surface area (TPSA) is 154 Å². The Labute approximate surface area is 199 Å². The van der Waals surface area contributed by atoms with Crippen molar-refractivity contribution >= 4 is 33.7 Å². The molecule has 0 fully saturated rings. The van der Waals surface area contributed by atoms with Crippen molar-refractivity contribution in [2.75, 3.05) is 14.2 Å². The molecule has 182 valence electrons. The quantitative estimate of drug-likeness (QED) is 0.320. The number of carboxylic acid groups (broad SMARTS) is 1. The molecule has 35 heavy (non-hydrogen) atoms. The largest absolute Gasteiger partial charge is 0.548 e. The Morgan fingerprint density at radius 2 is 1.94 bits per heavy atom. The van der Waals surface area contributed by atoms with Crippen LogP contribution in [0.4, 0.5) is 0 Å². The van der Waals surface area contributed by atoms with Gasteiger partial charge in [-0.15, -0.1) is 0 Å². The number of fused-ring (bicyclic) bond motifs is 2. The second-order valence-electron chi connectivity index (χ2n) is 8.03. The van der Waals surface area contributed by atoms with E-state index in [9.17, 15) is 24.6 Å². The molecule has 2 aromatic heterocycles. The molecule has 0 saturated carbocycles. The number of aliphatic carboxylic acids is 1. The second-order valence-corrected chi connectivity index (χ2v) is 8.03. The van der Waals surface area contributed by atoms with Crippen LogP contribution in [-0.2, 0) is 22.4 Å². The van der Waals surface area contributed by atoms with Crippen molar-refractivity contribution in [1.29, 1.82) is 0 Å². The molecular weight excluding hydrogens is 456 g/mol. The number of benzene rings is 2. The number of amides is 1. The number of carbonyl (C=O) groups excluding carboxylic acids is 2. The minimum Gasteiger partial charge on any atom is -0.548 e. The molecule has 2 aromatic carbocycles. The van der Waals surface area contributed by atoms with Crippen LogP contribution < -0.4 is 25.5 Å². The van der Waals surface area contributed by atoms with E-state index in [1.807, 2.05) is 0 Å². The highest BCUT2D eigenvalue weighted by molar-refractivity contribution is 5.91. The lowest BCUT2D eigenvalue weighted by Gasteiger charge is -2.20. The summed E-state index contributed by atoms with van der Waals surface area (Å²) >= 11 is 0. The fraction of sp³-hybridized carbons (Fsp3) is 0.240. The summed E-state index contributed by atoms with van der Waals surface area (Å²) in [6, 6.07) is 6.65. The number of hydrogen-bond donors (Lipinski definition) is 3. The van der Waals surface area contributed by atoms with Crippen LogP contribution in [0, 0.1) is 6.92 Å². The molecule has 1 atom stereocenters. The molecule has 0 aliphatic rings. The second kappa shape index (κ2) is 9.41. The molecule has 10 nitrogen and oxygen atoms in total. The Hall–Kier alpha value is -4.47. The Kier molecular flexibility index (Phi) is 6.37. The molecule has 0 bridgehead atoms. The third-order valence-corrected chi connectivity index (χ3v) is 5.93. The lowest BCUT2D eigenvalue weighted by atomic mass is 10.0. The molecular formula is C25H23N2O8-. The fourth-order valence-corrected chi connectivity index (χ4v) is 4.12. The molecule has 0 spiro atoms. The molecule has 3 N–H and O–H groups in total. The van der Waals surface area contributed by atoms with Crippen molar-refractivity contribution in [2.24, 2.45) is 0 Å². The van der Waals surface area contributed by atoms with Crippen molar-refractivity contribution in [3.63, 3.8) is 0 Å². The van der Waals surface area contributed by atoms with E-state index in [0.29, 0.717) is 33.2 Å². The van der Waals surface area contributed by atoms with Gasteiger partial charge in [0.15, 0.2) is 11.3 Å². The Morgan fingerprint density at radius 1 is 1.17 bits per heavy atom. The van der Waals surface area contributed by atoms with E-state index in [1.54, 1.807) is 31.3 Å². The number of aryl methyl sites for hydroxylation is 1. The van der Waals surface area contributed by atoms with Crippen LogP contribution in [0.15, 0.2) is 45.7 Å². The summed E-state index contributed by atoms with van der Waals surface area (Å²) in [6.07, 6.45) is 1.13. The molecule has 0 unspecified atom stereocenters. The molecule has 4 aromatic rings. The predicted octanol–water partition coefficient (Wildman–Crippen LogP) is 1.33. The maximum Gasteiger partial charge on any atom is 0.340 e. The number of aromatic hydroxyl groups is 1. The minimum atomic E-state index is -1.48. The van der Waals surface area contributed by atoms with Crippen LogP contribution in [0.2, 0.25) is 0 Å². The van der Waals surface area contributed by atoms with Crippen LogP contribution in [-0.4, -0.2) is 42.2 Å². The number of methoxy groups -OCH3 is 2. The molecule has 0 aliphatic heterocycles. The Morgan fingerprint density at radius 3 is 2.63 bits per heavy atom. The normalized spacial score (nSPS) is 12.0. The monoisotopic (exact) mass is 479 g/mol. The van der Waals surface area contributed by atoms with Crippen molar-refractivity contribution in [3.8, 4) is 17.2 Å². The molecule has 1 amide bonds. The van der Waals surface area contributed by atoms with Gasteiger partial charge in [0.25, 0.3) is 0 Å². The van der Waals surface area contributed by atoms with Crippen LogP contribution in [0.5, 0.6) is 17.2 Å². The van der Waals surface area contributed by atoms with Gasteiger partial charge in [0, 0.05) is 28.9 Å². The number of hydrogen-bond acceptors (Lipinski definition) is 8. The van der Waals surface area contributed by atoms with E-state index in [4.69, 9.17) is 13.9 Å². The first-order valence-electron chi connectivity index (χ1n) is 10.7. The Balaban J connectivity index is 1.59. The summed E-state index contributed by atoms with van der Waals surface area (Å²) in [5.74, 6) is -1.50. The van der Waals surface area contributed by atoms with E-state index in [0.717, 1.165) is 0 Å². The zero-order valence-electron chi connectivity index (χ0n) is 19.3. The molecule has 10 heteroatoms. The zero-order valence-corrected chi connectivity index (χ0v) is 19.3. The summed E-state index contributed by atoms with van der Waals surface area (Å²) in [6.45, 7) is 1.67. The highest BCUT2D eigenvalue weighted by Crippen LogP contribution is 2.36. The highest BCUT2D eigenvalue weighted by Gasteiger charge is 2.22. The van der Waals surface area contributed by atoms with Gasteiger partial charge >= 0.3 is 5.63 Å². The first-order valence-corrected chi connectivity index (χ1v) is 10.7. The summed E-state index contributed by atoms with van der Waals surface area (Å²) in [7, 11) is 2.88. The first-order chi connectivity index (χ1) is 16.7. The SMILES string of the molecule is COc1ccc2c(C)c(CC(=O)N[C@H](Cc3c[nH]c4ccc(O)cc34)C(=O)[O-])c(=O)oc2c1OC. The predicted molar refractivity (Wildman–Crippen MR) is 125 cm³/mol. The van der Waals surface area contributed by atoms with Gasteiger partial charge in [-0.25, -0.2) is 4.79 Å². The van der Waals surface area contributed by atoms with Gasteiger partial charge in [0.05, 0.1) is 38.2 Å².